The molecule has 0 N–H and O–H groups in total. The summed E-state index contributed by atoms with van der Waals surface area (Å²) in [5, 5.41) is 4.43. The Morgan fingerprint density at radius 1 is 1.33 bits per heavy atom. The molecule has 0 saturated carbocycles. The summed E-state index contributed by atoms with van der Waals surface area (Å²) >= 11 is 1.75. The van der Waals surface area contributed by atoms with Crippen LogP contribution < -0.4 is 0 Å². The fourth-order valence-electron chi connectivity index (χ4n) is 1.68. The second-order valence-electron chi connectivity index (χ2n) is 4.08. The Morgan fingerprint density at radius 2 is 2.06 bits per heavy atom. The van der Waals surface area contributed by atoms with Crippen LogP contribution in [0.1, 0.15) is 28.7 Å². The van der Waals surface area contributed by atoms with Crippen LogP contribution in [0.3, 0.4) is 0 Å². The zero-order valence-corrected chi connectivity index (χ0v) is 11.4. The van der Waals surface area contributed by atoms with E-state index >= 15 is 0 Å². The summed E-state index contributed by atoms with van der Waals surface area (Å²) in [4.78, 5) is 11.7. The first-order valence-electron chi connectivity index (χ1n) is 5.92. The van der Waals surface area contributed by atoms with Crippen LogP contribution in [0.4, 0.5) is 0 Å². The molecule has 0 radical (unpaired) electrons. The van der Waals surface area contributed by atoms with Gasteiger partial charge in [0.2, 0.25) is 0 Å². The molecule has 0 aliphatic rings. The molecular formula is C14H16N2OS. The van der Waals surface area contributed by atoms with Crippen molar-refractivity contribution in [2.45, 2.75) is 24.0 Å². The van der Waals surface area contributed by atoms with Gasteiger partial charge in [-0.3, -0.25) is 9.48 Å². The minimum atomic E-state index is 0.716. The molecule has 0 aliphatic carbocycles. The molecule has 2 aromatic rings. The van der Waals surface area contributed by atoms with Gasteiger partial charge < -0.3 is 0 Å². The molecule has 0 atom stereocenters. The van der Waals surface area contributed by atoms with E-state index in [9.17, 15) is 4.79 Å². The number of benzene rings is 1. The third kappa shape index (κ3) is 3.01. The van der Waals surface area contributed by atoms with E-state index in [1.807, 2.05) is 36.0 Å². The highest BCUT2D eigenvalue weighted by molar-refractivity contribution is 7.98. The van der Waals surface area contributed by atoms with Gasteiger partial charge in [0.25, 0.3) is 0 Å². The topological polar surface area (TPSA) is 34.9 Å². The van der Waals surface area contributed by atoms with Gasteiger partial charge in [0, 0.05) is 29.0 Å². The maximum absolute atomic E-state index is 10.6. The third-order valence-electron chi connectivity index (χ3n) is 2.79. The first kappa shape index (κ1) is 12.9. The first-order chi connectivity index (χ1) is 8.72. The molecule has 1 heterocycles. The van der Waals surface area contributed by atoms with Gasteiger partial charge in [-0.15, -0.1) is 11.8 Å². The summed E-state index contributed by atoms with van der Waals surface area (Å²) in [5.41, 5.74) is 3.06. The number of nitrogens with zero attached hydrogens (tertiary/aromatic N) is 2. The molecule has 0 aliphatic heterocycles. The van der Waals surface area contributed by atoms with Gasteiger partial charge in [0.15, 0.2) is 0 Å². The molecular weight excluding hydrogens is 244 g/mol. The van der Waals surface area contributed by atoms with E-state index in [4.69, 9.17) is 0 Å². The van der Waals surface area contributed by atoms with Gasteiger partial charge in [-0.2, -0.15) is 5.10 Å². The summed E-state index contributed by atoms with van der Waals surface area (Å²) in [6.45, 7) is 2.11. The summed E-state index contributed by atoms with van der Waals surface area (Å²) < 4.78 is 1.94. The quantitative estimate of drug-likeness (QED) is 0.612. The van der Waals surface area contributed by atoms with Crippen molar-refractivity contribution >= 4 is 18.0 Å². The summed E-state index contributed by atoms with van der Waals surface area (Å²) in [5.74, 6) is 0.893. The second-order valence-corrected chi connectivity index (χ2v) is 5.13. The molecule has 2 rings (SSSR count). The van der Waals surface area contributed by atoms with Crippen molar-refractivity contribution in [1.29, 1.82) is 0 Å². The number of aryl methyl sites for hydroxylation is 2. The predicted molar refractivity (Wildman–Crippen MR) is 74.0 cm³/mol. The molecule has 3 nitrogen and oxygen atoms in total. The average molecular weight is 260 g/mol. The highest BCUT2D eigenvalue weighted by Gasteiger charge is 2.04. The fourth-order valence-corrected chi connectivity index (χ4v) is 2.59. The Morgan fingerprint density at radius 3 is 2.61 bits per heavy atom. The van der Waals surface area contributed by atoms with Crippen molar-refractivity contribution in [3.8, 4) is 0 Å². The molecule has 0 amide bonds. The van der Waals surface area contributed by atoms with E-state index in [0.29, 0.717) is 5.56 Å². The number of carbonyl (C=O) groups excluding carboxylic acids is 1. The van der Waals surface area contributed by atoms with Crippen LogP contribution in [0.25, 0.3) is 0 Å². The lowest BCUT2D eigenvalue weighted by molar-refractivity contribution is 0.112. The monoisotopic (exact) mass is 260 g/mol. The van der Waals surface area contributed by atoms with Crippen molar-refractivity contribution in [2.24, 2.45) is 7.05 Å². The van der Waals surface area contributed by atoms with Crippen LogP contribution in [-0.2, 0) is 19.2 Å². The molecule has 0 saturated heterocycles. The maximum atomic E-state index is 10.6. The standard InChI is InChI=1S/C14H16N2OS/c1-3-12-8-13(16(2)15-12)10-18-14-6-4-11(9-17)5-7-14/h4-9H,3,10H2,1-2H3. The zero-order chi connectivity index (χ0) is 13.0. The summed E-state index contributed by atoms with van der Waals surface area (Å²) in [7, 11) is 1.98. The fraction of sp³-hybridized carbons (Fsp3) is 0.286. The van der Waals surface area contributed by atoms with Crippen LogP contribution in [0.5, 0.6) is 0 Å². The number of aldehydes is 1. The van der Waals surface area contributed by atoms with Crippen molar-refractivity contribution in [1.82, 2.24) is 9.78 Å². The van der Waals surface area contributed by atoms with E-state index in [0.717, 1.165) is 24.2 Å². The number of rotatable bonds is 5. The van der Waals surface area contributed by atoms with Crippen LogP contribution in [0.15, 0.2) is 35.2 Å². The third-order valence-corrected chi connectivity index (χ3v) is 3.84. The second kappa shape index (κ2) is 5.87. The summed E-state index contributed by atoms with van der Waals surface area (Å²) in [6.07, 6.45) is 1.83. The van der Waals surface area contributed by atoms with E-state index < -0.39 is 0 Å². The van der Waals surface area contributed by atoms with Crippen molar-refractivity contribution < 1.29 is 4.79 Å². The highest BCUT2D eigenvalue weighted by atomic mass is 32.2. The van der Waals surface area contributed by atoms with Gasteiger partial charge in [-0.05, 0) is 24.6 Å². The molecule has 0 bridgehead atoms. The predicted octanol–water partition coefficient (Wildman–Crippen LogP) is 3.09. The number of hydrogen-bond acceptors (Lipinski definition) is 3. The van der Waals surface area contributed by atoms with Gasteiger partial charge in [-0.25, -0.2) is 0 Å². The summed E-state index contributed by atoms with van der Waals surface area (Å²) in [6, 6.07) is 9.79. The van der Waals surface area contributed by atoms with E-state index in [1.165, 1.54) is 10.6 Å². The maximum Gasteiger partial charge on any atom is 0.150 e. The van der Waals surface area contributed by atoms with E-state index in [-0.39, 0.29) is 0 Å². The number of carbonyl (C=O) groups is 1. The van der Waals surface area contributed by atoms with Crippen molar-refractivity contribution in [2.75, 3.05) is 0 Å². The number of thioether (sulfide) groups is 1. The SMILES string of the molecule is CCc1cc(CSc2ccc(C=O)cc2)n(C)n1. The van der Waals surface area contributed by atoms with Gasteiger partial charge in [0.05, 0.1) is 5.69 Å². The Kier molecular flexibility index (Phi) is 4.20. The molecule has 1 aromatic carbocycles. The van der Waals surface area contributed by atoms with Gasteiger partial charge in [0.1, 0.15) is 6.29 Å². The van der Waals surface area contributed by atoms with Crippen LogP contribution in [-0.4, -0.2) is 16.1 Å². The Hall–Kier alpha value is -1.55. The van der Waals surface area contributed by atoms with Gasteiger partial charge in [-0.1, -0.05) is 19.1 Å². The smallest absolute Gasteiger partial charge is 0.150 e. The number of hydrogen-bond donors (Lipinski definition) is 0. The minimum absolute atomic E-state index is 0.716. The molecule has 4 heteroatoms. The molecule has 1 aromatic heterocycles. The molecule has 18 heavy (non-hydrogen) atoms. The lowest BCUT2D eigenvalue weighted by atomic mass is 10.2. The molecule has 0 fully saturated rings. The van der Waals surface area contributed by atoms with Crippen LogP contribution in [0, 0.1) is 0 Å². The normalized spacial score (nSPS) is 10.6. The first-order valence-corrected chi connectivity index (χ1v) is 6.91. The largest absolute Gasteiger partial charge is 0.298 e. The molecule has 94 valence electrons. The van der Waals surface area contributed by atoms with E-state index in [2.05, 4.69) is 18.1 Å². The number of aromatic nitrogens is 2. The molecule has 0 unspecified atom stereocenters. The van der Waals surface area contributed by atoms with Crippen molar-refractivity contribution in [3.63, 3.8) is 0 Å². The minimum Gasteiger partial charge on any atom is -0.298 e. The Bertz CT molecular complexity index is 531. The Balaban J connectivity index is 2.01. The highest BCUT2D eigenvalue weighted by Crippen LogP contribution is 2.23. The molecule has 0 spiro atoms. The van der Waals surface area contributed by atoms with Gasteiger partial charge >= 0.3 is 0 Å². The van der Waals surface area contributed by atoms with Crippen LogP contribution >= 0.6 is 11.8 Å². The lowest BCUT2D eigenvalue weighted by Crippen LogP contribution is -1.96. The zero-order valence-electron chi connectivity index (χ0n) is 10.6. The lowest BCUT2D eigenvalue weighted by Gasteiger charge is -2.02. The Labute approximate surface area is 111 Å². The van der Waals surface area contributed by atoms with Crippen LogP contribution in [0.2, 0.25) is 0 Å². The average Bonchev–Trinajstić information content (AvgIpc) is 2.77. The van der Waals surface area contributed by atoms with E-state index in [1.54, 1.807) is 11.8 Å². The van der Waals surface area contributed by atoms with Crippen molar-refractivity contribution in [3.05, 3.63) is 47.3 Å².